The van der Waals surface area contributed by atoms with Crippen LogP contribution in [0.4, 0.5) is 18.9 Å². The van der Waals surface area contributed by atoms with Gasteiger partial charge in [-0.3, -0.25) is 4.79 Å². The summed E-state index contributed by atoms with van der Waals surface area (Å²) in [6, 6.07) is 9.20. The number of carbonyl (C=O) groups excluding carboxylic acids is 1. The molecule has 25 heavy (non-hydrogen) atoms. The van der Waals surface area contributed by atoms with E-state index in [1.54, 1.807) is 12.1 Å². The van der Waals surface area contributed by atoms with Crippen LogP contribution in [0.25, 0.3) is 11.1 Å². The summed E-state index contributed by atoms with van der Waals surface area (Å²) < 4.78 is 43.8. The first kappa shape index (κ1) is 17.0. The lowest BCUT2D eigenvalue weighted by Gasteiger charge is -2.09. The Morgan fingerprint density at radius 2 is 1.92 bits per heavy atom. The molecule has 0 aliphatic carbocycles. The largest absolute Gasteiger partial charge is 0.440 e. The van der Waals surface area contributed by atoms with Crippen molar-refractivity contribution in [2.45, 2.75) is 25.9 Å². The van der Waals surface area contributed by atoms with Gasteiger partial charge in [0.1, 0.15) is 5.52 Å². The number of carbonyl (C=O) groups is 1. The van der Waals surface area contributed by atoms with Gasteiger partial charge in [0.15, 0.2) is 11.5 Å². The number of benzene rings is 2. The number of anilines is 1. The Morgan fingerprint density at radius 3 is 2.60 bits per heavy atom. The Bertz CT molecular complexity index is 929. The number of fused-ring (bicyclic) bond motifs is 1. The number of amides is 1. The molecule has 7 heteroatoms. The van der Waals surface area contributed by atoms with E-state index in [1.165, 1.54) is 18.2 Å². The highest BCUT2D eigenvalue weighted by atomic mass is 19.4. The van der Waals surface area contributed by atoms with E-state index in [-0.39, 0.29) is 17.2 Å². The number of alkyl halides is 3. The molecule has 3 rings (SSSR count). The Balaban J connectivity index is 1.85. The van der Waals surface area contributed by atoms with Crippen molar-refractivity contribution in [2.24, 2.45) is 0 Å². The number of aromatic nitrogens is 1. The van der Waals surface area contributed by atoms with Crippen LogP contribution < -0.4 is 5.32 Å². The summed E-state index contributed by atoms with van der Waals surface area (Å²) in [6.45, 7) is 3.87. The van der Waals surface area contributed by atoms with Crippen LogP contribution in [-0.2, 0) is 6.18 Å². The third-order valence-corrected chi connectivity index (χ3v) is 3.61. The van der Waals surface area contributed by atoms with Crippen LogP contribution in [-0.4, -0.2) is 10.9 Å². The SMILES string of the molecule is CC(C)c1nc2ccc(C(=O)Nc3cccc(C(F)(F)F)c3)cc2o1. The second-order valence-corrected chi connectivity index (χ2v) is 5.92. The topological polar surface area (TPSA) is 55.1 Å². The molecule has 0 radical (unpaired) electrons. The zero-order valence-electron chi connectivity index (χ0n) is 13.5. The maximum atomic E-state index is 12.7. The Labute approximate surface area is 141 Å². The van der Waals surface area contributed by atoms with Crippen molar-refractivity contribution in [1.29, 1.82) is 0 Å². The number of hydrogen-bond donors (Lipinski definition) is 1. The average molecular weight is 348 g/mol. The van der Waals surface area contributed by atoms with Crippen molar-refractivity contribution in [3.63, 3.8) is 0 Å². The molecular weight excluding hydrogens is 333 g/mol. The monoisotopic (exact) mass is 348 g/mol. The number of nitrogens with one attached hydrogen (secondary N) is 1. The highest BCUT2D eigenvalue weighted by Gasteiger charge is 2.30. The lowest BCUT2D eigenvalue weighted by atomic mass is 10.1. The fourth-order valence-corrected chi connectivity index (χ4v) is 2.31. The van der Waals surface area contributed by atoms with E-state index in [1.807, 2.05) is 13.8 Å². The Morgan fingerprint density at radius 1 is 1.16 bits per heavy atom. The zero-order valence-corrected chi connectivity index (χ0v) is 13.5. The summed E-state index contributed by atoms with van der Waals surface area (Å²) >= 11 is 0. The first-order valence-corrected chi connectivity index (χ1v) is 7.63. The van der Waals surface area contributed by atoms with Gasteiger partial charge in [0, 0.05) is 17.2 Å². The molecule has 130 valence electrons. The maximum Gasteiger partial charge on any atom is 0.416 e. The quantitative estimate of drug-likeness (QED) is 0.706. The molecule has 0 spiro atoms. The lowest BCUT2D eigenvalue weighted by molar-refractivity contribution is -0.137. The third-order valence-electron chi connectivity index (χ3n) is 3.61. The van der Waals surface area contributed by atoms with E-state index < -0.39 is 17.6 Å². The number of oxazole rings is 1. The molecule has 0 saturated heterocycles. The second-order valence-electron chi connectivity index (χ2n) is 5.92. The second kappa shape index (κ2) is 6.23. The van der Waals surface area contributed by atoms with Gasteiger partial charge in [-0.2, -0.15) is 13.2 Å². The van der Waals surface area contributed by atoms with Gasteiger partial charge in [-0.25, -0.2) is 4.98 Å². The minimum absolute atomic E-state index is 0.0698. The fourth-order valence-electron chi connectivity index (χ4n) is 2.31. The third kappa shape index (κ3) is 3.65. The summed E-state index contributed by atoms with van der Waals surface area (Å²) in [5.74, 6) is 0.143. The zero-order chi connectivity index (χ0) is 18.2. The number of nitrogens with zero attached hydrogens (tertiary/aromatic N) is 1. The van der Waals surface area contributed by atoms with Crippen molar-refractivity contribution in [3.8, 4) is 0 Å². The molecule has 2 aromatic carbocycles. The first-order valence-electron chi connectivity index (χ1n) is 7.63. The lowest BCUT2D eigenvalue weighted by Crippen LogP contribution is -2.13. The van der Waals surface area contributed by atoms with Gasteiger partial charge in [0.25, 0.3) is 5.91 Å². The molecule has 1 amide bonds. The van der Waals surface area contributed by atoms with Crippen LogP contribution in [0, 0.1) is 0 Å². The van der Waals surface area contributed by atoms with E-state index in [2.05, 4.69) is 10.3 Å². The highest BCUT2D eigenvalue weighted by Crippen LogP contribution is 2.31. The van der Waals surface area contributed by atoms with E-state index in [0.29, 0.717) is 17.0 Å². The standard InChI is InChI=1S/C18H15F3N2O2/c1-10(2)17-23-14-7-6-11(8-15(14)25-17)16(24)22-13-5-3-4-12(9-13)18(19,20)21/h3-10H,1-2H3,(H,22,24). The summed E-state index contributed by atoms with van der Waals surface area (Å²) in [5, 5.41) is 2.46. The van der Waals surface area contributed by atoms with Crippen LogP contribution in [0.3, 0.4) is 0 Å². The summed E-state index contributed by atoms with van der Waals surface area (Å²) in [6.07, 6.45) is -4.47. The predicted octanol–water partition coefficient (Wildman–Crippen LogP) is 5.22. The van der Waals surface area contributed by atoms with Crippen LogP contribution in [0.2, 0.25) is 0 Å². The molecule has 1 heterocycles. The normalized spacial score (nSPS) is 11.9. The van der Waals surface area contributed by atoms with Gasteiger partial charge in [-0.05, 0) is 36.4 Å². The van der Waals surface area contributed by atoms with Crippen molar-refractivity contribution >= 4 is 22.7 Å². The van der Waals surface area contributed by atoms with E-state index in [4.69, 9.17) is 4.42 Å². The van der Waals surface area contributed by atoms with E-state index in [0.717, 1.165) is 12.1 Å². The minimum Gasteiger partial charge on any atom is -0.440 e. The van der Waals surface area contributed by atoms with Crippen LogP contribution in [0.1, 0.15) is 41.6 Å². The molecule has 0 saturated carbocycles. The van der Waals surface area contributed by atoms with Crippen molar-refractivity contribution in [1.82, 2.24) is 4.98 Å². The molecular formula is C18H15F3N2O2. The molecule has 0 unspecified atom stereocenters. The molecule has 1 N–H and O–H groups in total. The smallest absolute Gasteiger partial charge is 0.416 e. The van der Waals surface area contributed by atoms with Crippen molar-refractivity contribution in [3.05, 3.63) is 59.5 Å². The Hall–Kier alpha value is -2.83. The van der Waals surface area contributed by atoms with Crippen molar-refractivity contribution in [2.75, 3.05) is 5.32 Å². The summed E-state index contributed by atoms with van der Waals surface area (Å²) in [5.41, 5.74) is 0.606. The number of rotatable bonds is 3. The van der Waals surface area contributed by atoms with Gasteiger partial charge in [-0.15, -0.1) is 0 Å². The first-order chi connectivity index (χ1) is 11.7. The molecule has 1 aromatic heterocycles. The van der Waals surface area contributed by atoms with Gasteiger partial charge < -0.3 is 9.73 Å². The van der Waals surface area contributed by atoms with Crippen LogP contribution >= 0.6 is 0 Å². The number of halogens is 3. The molecule has 3 aromatic rings. The van der Waals surface area contributed by atoms with Crippen LogP contribution in [0.15, 0.2) is 46.9 Å². The summed E-state index contributed by atoms with van der Waals surface area (Å²) in [7, 11) is 0. The van der Waals surface area contributed by atoms with Gasteiger partial charge >= 0.3 is 6.18 Å². The highest BCUT2D eigenvalue weighted by molar-refractivity contribution is 6.05. The Kier molecular flexibility index (Phi) is 4.24. The fraction of sp³-hybridized carbons (Fsp3) is 0.222. The van der Waals surface area contributed by atoms with Gasteiger partial charge in [0.05, 0.1) is 5.56 Å². The molecule has 0 aliphatic rings. The minimum atomic E-state index is -4.47. The molecule has 4 nitrogen and oxygen atoms in total. The predicted molar refractivity (Wildman–Crippen MR) is 87.5 cm³/mol. The van der Waals surface area contributed by atoms with Gasteiger partial charge in [-0.1, -0.05) is 19.9 Å². The molecule has 0 fully saturated rings. The average Bonchev–Trinajstić information content (AvgIpc) is 2.97. The molecule has 0 bridgehead atoms. The van der Waals surface area contributed by atoms with E-state index in [9.17, 15) is 18.0 Å². The maximum absolute atomic E-state index is 12.7. The number of hydrogen-bond acceptors (Lipinski definition) is 3. The summed E-state index contributed by atoms with van der Waals surface area (Å²) in [4.78, 5) is 16.6. The molecule has 0 atom stereocenters. The van der Waals surface area contributed by atoms with E-state index >= 15 is 0 Å². The van der Waals surface area contributed by atoms with Crippen LogP contribution in [0.5, 0.6) is 0 Å². The molecule has 0 aliphatic heterocycles. The van der Waals surface area contributed by atoms with Gasteiger partial charge in [0.2, 0.25) is 0 Å². The van der Waals surface area contributed by atoms with Crippen molar-refractivity contribution < 1.29 is 22.4 Å².